The monoisotopic (exact) mass is 243 g/mol. The molecule has 0 aliphatic carbocycles. The van der Waals surface area contributed by atoms with Crippen LogP contribution in [-0.4, -0.2) is 17.6 Å². The number of carbonyl (C=O) groups excluding carboxylic acids is 1. The van der Waals surface area contributed by atoms with Gasteiger partial charge in [-0.15, -0.1) is 0 Å². The van der Waals surface area contributed by atoms with E-state index in [1.807, 2.05) is 51.1 Å². The van der Waals surface area contributed by atoms with Gasteiger partial charge in [-0.05, 0) is 31.9 Å². The highest BCUT2D eigenvalue weighted by atomic mass is 16.5. The molecule has 1 aromatic heterocycles. The van der Waals surface area contributed by atoms with Crippen LogP contribution in [0.5, 0.6) is 0 Å². The third kappa shape index (κ3) is 2.16. The fourth-order valence-corrected chi connectivity index (χ4v) is 2.04. The second-order valence-corrected chi connectivity index (χ2v) is 4.21. The van der Waals surface area contributed by atoms with E-state index in [2.05, 4.69) is 4.98 Å². The molecular weight excluding hydrogens is 226 g/mol. The lowest BCUT2D eigenvalue weighted by atomic mass is 10.0. The highest BCUT2D eigenvalue weighted by Crippen LogP contribution is 2.29. The van der Waals surface area contributed by atoms with Crippen LogP contribution in [0.1, 0.15) is 28.7 Å². The first-order valence-corrected chi connectivity index (χ1v) is 6.06. The SMILES string of the molecule is CCOC(=O)c1[nH]c(C)c(C)c1-c1ccccc1. The molecule has 0 saturated heterocycles. The van der Waals surface area contributed by atoms with E-state index in [9.17, 15) is 4.79 Å². The van der Waals surface area contributed by atoms with Crippen LogP contribution < -0.4 is 0 Å². The summed E-state index contributed by atoms with van der Waals surface area (Å²) in [7, 11) is 0. The second kappa shape index (κ2) is 5.08. The van der Waals surface area contributed by atoms with E-state index in [1.54, 1.807) is 0 Å². The van der Waals surface area contributed by atoms with Crippen LogP contribution in [0.2, 0.25) is 0 Å². The fourth-order valence-electron chi connectivity index (χ4n) is 2.04. The number of ether oxygens (including phenoxy) is 1. The van der Waals surface area contributed by atoms with Crippen molar-refractivity contribution in [3.8, 4) is 11.1 Å². The molecule has 0 bridgehead atoms. The first-order valence-electron chi connectivity index (χ1n) is 6.06. The maximum absolute atomic E-state index is 12.0. The Morgan fingerprint density at radius 1 is 1.22 bits per heavy atom. The topological polar surface area (TPSA) is 42.1 Å². The summed E-state index contributed by atoms with van der Waals surface area (Å²) < 4.78 is 5.09. The number of benzene rings is 1. The molecule has 0 fully saturated rings. The summed E-state index contributed by atoms with van der Waals surface area (Å²) in [6.07, 6.45) is 0. The molecule has 1 aromatic carbocycles. The van der Waals surface area contributed by atoms with Gasteiger partial charge in [0.2, 0.25) is 0 Å². The second-order valence-electron chi connectivity index (χ2n) is 4.21. The van der Waals surface area contributed by atoms with Gasteiger partial charge in [-0.3, -0.25) is 0 Å². The van der Waals surface area contributed by atoms with Crippen molar-refractivity contribution in [2.24, 2.45) is 0 Å². The number of hydrogen-bond donors (Lipinski definition) is 1. The van der Waals surface area contributed by atoms with Crippen molar-refractivity contribution < 1.29 is 9.53 Å². The molecule has 1 heterocycles. The van der Waals surface area contributed by atoms with Crippen LogP contribution in [0, 0.1) is 13.8 Å². The number of aryl methyl sites for hydroxylation is 1. The first-order chi connectivity index (χ1) is 8.65. The molecule has 2 rings (SSSR count). The number of aromatic amines is 1. The van der Waals surface area contributed by atoms with Crippen molar-refractivity contribution >= 4 is 5.97 Å². The summed E-state index contributed by atoms with van der Waals surface area (Å²) in [5.74, 6) is -0.299. The quantitative estimate of drug-likeness (QED) is 0.839. The third-order valence-electron chi connectivity index (χ3n) is 3.04. The fraction of sp³-hybridized carbons (Fsp3) is 0.267. The molecule has 0 saturated carbocycles. The lowest BCUT2D eigenvalue weighted by Gasteiger charge is -2.05. The highest BCUT2D eigenvalue weighted by molar-refractivity contribution is 5.97. The minimum Gasteiger partial charge on any atom is -0.461 e. The van der Waals surface area contributed by atoms with Crippen LogP contribution in [0.4, 0.5) is 0 Å². The van der Waals surface area contributed by atoms with Gasteiger partial charge in [0, 0.05) is 11.3 Å². The van der Waals surface area contributed by atoms with Crippen LogP contribution in [0.15, 0.2) is 30.3 Å². The summed E-state index contributed by atoms with van der Waals surface area (Å²) in [4.78, 5) is 15.1. The minimum atomic E-state index is -0.299. The summed E-state index contributed by atoms with van der Waals surface area (Å²) in [5.41, 5.74) is 4.59. The molecule has 0 aliphatic heterocycles. The lowest BCUT2D eigenvalue weighted by molar-refractivity contribution is 0.0521. The molecule has 0 amide bonds. The largest absolute Gasteiger partial charge is 0.461 e. The molecule has 0 unspecified atom stereocenters. The number of carbonyl (C=O) groups is 1. The summed E-state index contributed by atoms with van der Waals surface area (Å²) in [6.45, 7) is 6.16. The molecule has 3 nitrogen and oxygen atoms in total. The van der Waals surface area contributed by atoms with Crippen molar-refractivity contribution in [3.63, 3.8) is 0 Å². The van der Waals surface area contributed by atoms with Gasteiger partial charge in [-0.2, -0.15) is 0 Å². The zero-order valence-electron chi connectivity index (χ0n) is 10.9. The number of nitrogens with one attached hydrogen (secondary N) is 1. The molecular formula is C15H17NO2. The zero-order chi connectivity index (χ0) is 13.1. The van der Waals surface area contributed by atoms with Gasteiger partial charge in [0.25, 0.3) is 0 Å². The van der Waals surface area contributed by atoms with Crippen molar-refractivity contribution in [1.82, 2.24) is 4.98 Å². The zero-order valence-corrected chi connectivity index (χ0v) is 10.9. The maximum Gasteiger partial charge on any atom is 0.355 e. The number of H-pyrrole nitrogens is 1. The van der Waals surface area contributed by atoms with E-state index in [0.29, 0.717) is 12.3 Å². The van der Waals surface area contributed by atoms with E-state index in [-0.39, 0.29) is 5.97 Å². The minimum absolute atomic E-state index is 0.299. The van der Waals surface area contributed by atoms with Crippen LogP contribution in [0.25, 0.3) is 11.1 Å². The molecule has 0 spiro atoms. The number of esters is 1. The average molecular weight is 243 g/mol. The Labute approximate surface area is 107 Å². The Balaban J connectivity index is 2.55. The van der Waals surface area contributed by atoms with Crippen molar-refractivity contribution in [1.29, 1.82) is 0 Å². The Hall–Kier alpha value is -2.03. The highest BCUT2D eigenvalue weighted by Gasteiger charge is 2.20. The van der Waals surface area contributed by atoms with E-state index in [0.717, 1.165) is 22.4 Å². The van der Waals surface area contributed by atoms with Crippen LogP contribution >= 0.6 is 0 Å². The van der Waals surface area contributed by atoms with Gasteiger partial charge in [0.05, 0.1) is 6.61 Å². The van der Waals surface area contributed by atoms with Crippen molar-refractivity contribution in [3.05, 3.63) is 47.3 Å². The predicted molar refractivity (Wildman–Crippen MR) is 71.7 cm³/mol. The Morgan fingerprint density at radius 3 is 2.50 bits per heavy atom. The number of rotatable bonds is 3. The van der Waals surface area contributed by atoms with E-state index in [4.69, 9.17) is 4.74 Å². The maximum atomic E-state index is 12.0. The molecule has 1 N–H and O–H groups in total. The number of hydrogen-bond acceptors (Lipinski definition) is 2. The molecule has 2 aromatic rings. The third-order valence-corrected chi connectivity index (χ3v) is 3.04. The lowest BCUT2D eigenvalue weighted by Crippen LogP contribution is -2.06. The Morgan fingerprint density at radius 2 is 1.89 bits per heavy atom. The standard InChI is InChI=1S/C15H17NO2/c1-4-18-15(17)14-13(10(2)11(3)16-14)12-8-6-5-7-9-12/h5-9,16H,4H2,1-3H3. The molecule has 94 valence electrons. The smallest absolute Gasteiger partial charge is 0.355 e. The van der Waals surface area contributed by atoms with E-state index >= 15 is 0 Å². The normalized spacial score (nSPS) is 10.4. The van der Waals surface area contributed by atoms with Crippen LogP contribution in [-0.2, 0) is 4.74 Å². The van der Waals surface area contributed by atoms with Gasteiger partial charge >= 0.3 is 5.97 Å². The van der Waals surface area contributed by atoms with E-state index in [1.165, 1.54) is 0 Å². The van der Waals surface area contributed by atoms with Gasteiger partial charge in [0.1, 0.15) is 5.69 Å². The summed E-state index contributed by atoms with van der Waals surface area (Å²) in [6, 6.07) is 9.89. The molecule has 3 heteroatoms. The van der Waals surface area contributed by atoms with Gasteiger partial charge in [-0.25, -0.2) is 4.79 Å². The molecule has 18 heavy (non-hydrogen) atoms. The van der Waals surface area contributed by atoms with Crippen LogP contribution in [0.3, 0.4) is 0 Å². The van der Waals surface area contributed by atoms with Crippen molar-refractivity contribution in [2.75, 3.05) is 6.61 Å². The Kier molecular flexibility index (Phi) is 3.51. The van der Waals surface area contributed by atoms with Gasteiger partial charge in [0.15, 0.2) is 0 Å². The number of aromatic nitrogens is 1. The molecule has 0 aliphatic rings. The molecule has 0 radical (unpaired) electrons. The van der Waals surface area contributed by atoms with Crippen molar-refractivity contribution in [2.45, 2.75) is 20.8 Å². The first kappa shape index (κ1) is 12.4. The summed E-state index contributed by atoms with van der Waals surface area (Å²) >= 11 is 0. The predicted octanol–water partition coefficient (Wildman–Crippen LogP) is 3.48. The van der Waals surface area contributed by atoms with Gasteiger partial charge in [-0.1, -0.05) is 30.3 Å². The Bertz CT molecular complexity index is 555. The van der Waals surface area contributed by atoms with E-state index < -0.39 is 0 Å². The summed E-state index contributed by atoms with van der Waals surface area (Å²) in [5, 5.41) is 0. The average Bonchev–Trinajstić information content (AvgIpc) is 2.67. The molecule has 0 atom stereocenters. The van der Waals surface area contributed by atoms with Gasteiger partial charge < -0.3 is 9.72 Å².